The molecule has 2 aromatic rings. The van der Waals surface area contributed by atoms with E-state index in [1.54, 1.807) is 34.1 Å². The van der Waals surface area contributed by atoms with Gasteiger partial charge in [-0.2, -0.15) is 0 Å². The lowest BCUT2D eigenvalue weighted by Crippen LogP contribution is -2.50. The summed E-state index contributed by atoms with van der Waals surface area (Å²) in [6.45, 7) is 3.24. The van der Waals surface area contributed by atoms with Gasteiger partial charge < -0.3 is 14.5 Å². The van der Waals surface area contributed by atoms with Crippen LogP contribution in [0.15, 0.2) is 48.5 Å². The minimum Gasteiger partial charge on any atom is -0.427 e. The standard InChI is InChI=1S/C22H23ClN2O4/c1-16(26)29-19-7-4-6-18(15-19)22(28)25-13-11-24(12-14-25)21(27)10-9-17-5-2-3-8-20(17)23/h2-8,15H,9-14H2,1H3. The van der Waals surface area contributed by atoms with E-state index in [9.17, 15) is 14.4 Å². The number of esters is 1. The van der Waals surface area contributed by atoms with Crippen molar-refractivity contribution >= 4 is 29.4 Å². The van der Waals surface area contributed by atoms with E-state index in [2.05, 4.69) is 0 Å². The number of aryl methyl sites for hydroxylation is 1. The van der Waals surface area contributed by atoms with Crippen molar-refractivity contribution in [3.05, 3.63) is 64.7 Å². The SMILES string of the molecule is CC(=O)Oc1cccc(C(=O)N2CCN(C(=O)CCc3ccccc3Cl)CC2)c1. The number of carbonyl (C=O) groups is 3. The van der Waals surface area contributed by atoms with Crippen LogP contribution in [0.5, 0.6) is 5.75 Å². The first-order valence-corrected chi connectivity index (χ1v) is 9.91. The third-order valence-electron chi connectivity index (χ3n) is 4.83. The third-order valence-corrected chi connectivity index (χ3v) is 5.20. The summed E-state index contributed by atoms with van der Waals surface area (Å²) >= 11 is 6.15. The molecule has 0 unspecified atom stereocenters. The number of ether oxygens (including phenoxy) is 1. The van der Waals surface area contributed by atoms with Crippen molar-refractivity contribution < 1.29 is 19.1 Å². The number of hydrogen-bond acceptors (Lipinski definition) is 4. The minimum atomic E-state index is -0.432. The number of piperazine rings is 1. The Labute approximate surface area is 175 Å². The lowest BCUT2D eigenvalue weighted by atomic mass is 10.1. The second-order valence-corrected chi connectivity index (χ2v) is 7.29. The highest BCUT2D eigenvalue weighted by Crippen LogP contribution is 2.19. The fourth-order valence-corrected chi connectivity index (χ4v) is 3.53. The van der Waals surface area contributed by atoms with E-state index in [4.69, 9.17) is 16.3 Å². The van der Waals surface area contributed by atoms with Crippen molar-refractivity contribution in [1.29, 1.82) is 0 Å². The maximum absolute atomic E-state index is 12.7. The van der Waals surface area contributed by atoms with E-state index in [0.717, 1.165) is 5.56 Å². The molecule has 7 heteroatoms. The average Bonchev–Trinajstić information content (AvgIpc) is 2.72. The molecule has 29 heavy (non-hydrogen) atoms. The van der Waals surface area contributed by atoms with E-state index in [1.165, 1.54) is 6.92 Å². The van der Waals surface area contributed by atoms with Crippen LogP contribution in [0.3, 0.4) is 0 Å². The van der Waals surface area contributed by atoms with Crippen molar-refractivity contribution in [2.24, 2.45) is 0 Å². The van der Waals surface area contributed by atoms with Gasteiger partial charge in [0, 0.05) is 50.1 Å². The Bertz CT molecular complexity index is 907. The average molecular weight is 415 g/mol. The largest absolute Gasteiger partial charge is 0.427 e. The normalized spacial score (nSPS) is 13.9. The van der Waals surface area contributed by atoms with Gasteiger partial charge in [0.15, 0.2) is 0 Å². The highest BCUT2D eigenvalue weighted by Gasteiger charge is 2.25. The van der Waals surface area contributed by atoms with E-state index in [-0.39, 0.29) is 11.8 Å². The van der Waals surface area contributed by atoms with Crippen LogP contribution in [0.25, 0.3) is 0 Å². The fraction of sp³-hybridized carbons (Fsp3) is 0.318. The Morgan fingerprint density at radius 2 is 1.66 bits per heavy atom. The number of carbonyl (C=O) groups excluding carboxylic acids is 3. The lowest BCUT2D eigenvalue weighted by molar-refractivity contribution is -0.133. The first-order valence-electron chi connectivity index (χ1n) is 9.53. The molecule has 0 spiro atoms. The molecule has 1 aliphatic rings. The van der Waals surface area contributed by atoms with Crippen LogP contribution < -0.4 is 4.74 Å². The number of benzene rings is 2. The van der Waals surface area contributed by atoms with Gasteiger partial charge >= 0.3 is 5.97 Å². The topological polar surface area (TPSA) is 66.9 Å². The summed E-state index contributed by atoms with van der Waals surface area (Å²) in [5.74, 6) is -0.161. The van der Waals surface area contributed by atoms with Gasteiger partial charge in [-0.1, -0.05) is 35.9 Å². The van der Waals surface area contributed by atoms with Gasteiger partial charge in [-0.25, -0.2) is 0 Å². The van der Waals surface area contributed by atoms with Gasteiger partial charge in [0.05, 0.1) is 0 Å². The van der Waals surface area contributed by atoms with Crippen LogP contribution in [0.2, 0.25) is 5.02 Å². The molecule has 0 N–H and O–H groups in total. The second kappa shape index (κ2) is 9.56. The zero-order valence-electron chi connectivity index (χ0n) is 16.3. The summed E-state index contributed by atoms with van der Waals surface area (Å²) < 4.78 is 5.04. The van der Waals surface area contributed by atoms with Gasteiger partial charge in [-0.05, 0) is 36.2 Å². The predicted molar refractivity (Wildman–Crippen MR) is 110 cm³/mol. The highest BCUT2D eigenvalue weighted by atomic mass is 35.5. The fourth-order valence-electron chi connectivity index (χ4n) is 3.30. The summed E-state index contributed by atoms with van der Waals surface area (Å²) in [6.07, 6.45) is 0.989. The number of nitrogens with zero attached hydrogens (tertiary/aromatic N) is 2. The Kier molecular flexibility index (Phi) is 6.88. The molecule has 1 fully saturated rings. The molecule has 0 aromatic heterocycles. The van der Waals surface area contributed by atoms with E-state index in [1.807, 2.05) is 24.3 Å². The first-order chi connectivity index (χ1) is 13.9. The van der Waals surface area contributed by atoms with E-state index in [0.29, 0.717) is 55.4 Å². The van der Waals surface area contributed by atoms with E-state index >= 15 is 0 Å². The second-order valence-electron chi connectivity index (χ2n) is 6.89. The van der Waals surface area contributed by atoms with Gasteiger partial charge in [-0.15, -0.1) is 0 Å². The van der Waals surface area contributed by atoms with Crippen LogP contribution in [0.1, 0.15) is 29.3 Å². The quantitative estimate of drug-likeness (QED) is 0.556. The zero-order valence-corrected chi connectivity index (χ0v) is 17.0. The molecule has 0 atom stereocenters. The Hall–Kier alpha value is -2.86. The molecule has 0 saturated carbocycles. The summed E-state index contributed by atoms with van der Waals surface area (Å²) in [5, 5.41) is 0.673. The van der Waals surface area contributed by atoms with Crippen molar-refractivity contribution in [3.8, 4) is 5.75 Å². The summed E-state index contributed by atoms with van der Waals surface area (Å²) in [6, 6.07) is 14.1. The minimum absolute atomic E-state index is 0.0638. The number of amides is 2. The van der Waals surface area contributed by atoms with Crippen molar-refractivity contribution in [1.82, 2.24) is 9.80 Å². The summed E-state index contributed by atoms with van der Waals surface area (Å²) in [4.78, 5) is 39.8. The lowest BCUT2D eigenvalue weighted by Gasteiger charge is -2.35. The predicted octanol–water partition coefficient (Wildman–Crippen LogP) is 3.18. The van der Waals surface area contributed by atoms with Crippen molar-refractivity contribution in [2.45, 2.75) is 19.8 Å². The smallest absolute Gasteiger partial charge is 0.308 e. The molecule has 6 nitrogen and oxygen atoms in total. The van der Waals surface area contributed by atoms with Crippen LogP contribution in [-0.4, -0.2) is 53.8 Å². The zero-order chi connectivity index (χ0) is 20.8. The molecule has 0 radical (unpaired) electrons. The molecule has 152 valence electrons. The Morgan fingerprint density at radius 1 is 0.966 bits per heavy atom. The molecule has 2 aromatic carbocycles. The molecule has 1 heterocycles. The van der Waals surface area contributed by atoms with Crippen LogP contribution in [0, 0.1) is 0 Å². The molecular weight excluding hydrogens is 392 g/mol. The first kappa shape index (κ1) is 20.9. The van der Waals surface area contributed by atoms with Gasteiger partial charge in [-0.3, -0.25) is 14.4 Å². The van der Waals surface area contributed by atoms with Crippen molar-refractivity contribution in [2.75, 3.05) is 26.2 Å². The van der Waals surface area contributed by atoms with Crippen LogP contribution >= 0.6 is 11.6 Å². The molecule has 0 aliphatic carbocycles. The summed E-state index contributed by atoms with van der Waals surface area (Å²) in [7, 11) is 0. The Morgan fingerprint density at radius 3 is 2.34 bits per heavy atom. The third kappa shape index (κ3) is 5.57. The maximum Gasteiger partial charge on any atom is 0.308 e. The van der Waals surface area contributed by atoms with Gasteiger partial charge in [0.25, 0.3) is 5.91 Å². The number of halogens is 1. The van der Waals surface area contributed by atoms with Crippen LogP contribution in [-0.2, 0) is 16.0 Å². The van der Waals surface area contributed by atoms with Crippen LogP contribution in [0.4, 0.5) is 0 Å². The molecular formula is C22H23ClN2O4. The molecule has 1 aliphatic heterocycles. The monoisotopic (exact) mass is 414 g/mol. The maximum atomic E-state index is 12.7. The van der Waals surface area contributed by atoms with Crippen molar-refractivity contribution in [3.63, 3.8) is 0 Å². The molecule has 1 saturated heterocycles. The highest BCUT2D eigenvalue weighted by molar-refractivity contribution is 6.31. The number of hydrogen-bond donors (Lipinski definition) is 0. The van der Waals surface area contributed by atoms with Gasteiger partial charge in [0.1, 0.15) is 5.75 Å². The van der Waals surface area contributed by atoms with E-state index < -0.39 is 5.97 Å². The molecule has 3 rings (SSSR count). The summed E-state index contributed by atoms with van der Waals surface area (Å²) in [5.41, 5.74) is 1.42. The Balaban J connectivity index is 1.52. The number of rotatable bonds is 5. The molecule has 0 bridgehead atoms. The molecule has 2 amide bonds. The van der Waals surface area contributed by atoms with Gasteiger partial charge in [0.2, 0.25) is 5.91 Å².